The van der Waals surface area contributed by atoms with Gasteiger partial charge in [-0.25, -0.2) is 0 Å². The van der Waals surface area contributed by atoms with Crippen molar-refractivity contribution in [1.82, 2.24) is 0 Å². The largest absolute Gasteiger partial charge is 0.492 e. The number of rotatable bonds is 6. The van der Waals surface area contributed by atoms with E-state index in [1.807, 2.05) is 13.0 Å². The molecule has 0 unspecified atom stereocenters. The maximum atomic E-state index is 12.3. The number of nitro benzene ring substituents is 1. The lowest BCUT2D eigenvalue weighted by Gasteiger charge is -2.19. The Balaban J connectivity index is 1.82. The van der Waals surface area contributed by atoms with Crippen molar-refractivity contribution in [2.45, 2.75) is 13.5 Å². The maximum Gasteiger partial charge on any atom is 0.270 e. The quantitative estimate of drug-likeness (QED) is 0.474. The maximum absolute atomic E-state index is 12.3. The zero-order valence-electron chi connectivity index (χ0n) is 14.6. The minimum atomic E-state index is -0.495. The summed E-state index contributed by atoms with van der Waals surface area (Å²) in [6.45, 7) is 2.60. The van der Waals surface area contributed by atoms with Crippen molar-refractivity contribution >= 4 is 23.4 Å². The fraction of sp³-hybridized carbons (Fsp3) is 0.211. The number of para-hydroxylation sites is 2. The average molecular weight is 370 g/mol. The third kappa shape index (κ3) is 4.42. The Bertz CT molecular complexity index is 894. The van der Waals surface area contributed by atoms with E-state index in [4.69, 9.17) is 14.2 Å². The summed E-state index contributed by atoms with van der Waals surface area (Å²) >= 11 is 0. The number of non-ortho nitro benzene ring substituents is 1. The molecule has 1 amide bonds. The van der Waals surface area contributed by atoms with Gasteiger partial charge >= 0.3 is 0 Å². The Morgan fingerprint density at radius 2 is 2.19 bits per heavy atom. The van der Waals surface area contributed by atoms with Crippen LogP contribution in [0.1, 0.15) is 18.1 Å². The molecule has 0 saturated heterocycles. The number of nitrogens with zero attached hydrogens (tertiary/aromatic N) is 1. The number of amides is 1. The number of fused-ring (bicyclic) bond motifs is 1. The number of hydrogen-bond donors (Lipinski definition) is 1. The predicted octanol–water partition coefficient (Wildman–Crippen LogP) is 3.51. The van der Waals surface area contributed by atoms with Crippen molar-refractivity contribution in [3.05, 3.63) is 63.7 Å². The molecular formula is C19H18N2O6. The summed E-state index contributed by atoms with van der Waals surface area (Å²) in [6, 6.07) is 9.85. The Morgan fingerprint density at radius 3 is 2.96 bits per heavy atom. The van der Waals surface area contributed by atoms with E-state index in [0.717, 1.165) is 0 Å². The van der Waals surface area contributed by atoms with E-state index >= 15 is 0 Å². The van der Waals surface area contributed by atoms with Gasteiger partial charge in [0.15, 0.2) is 6.79 Å². The van der Waals surface area contributed by atoms with E-state index in [-0.39, 0.29) is 19.1 Å². The Kier molecular flexibility index (Phi) is 5.68. The number of benzene rings is 2. The van der Waals surface area contributed by atoms with Gasteiger partial charge in [-0.05, 0) is 25.1 Å². The van der Waals surface area contributed by atoms with Crippen molar-refractivity contribution in [2.75, 3.05) is 18.7 Å². The van der Waals surface area contributed by atoms with E-state index < -0.39 is 10.8 Å². The lowest BCUT2D eigenvalue weighted by molar-refractivity contribution is -0.385. The van der Waals surface area contributed by atoms with Gasteiger partial charge in [0.05, 0.1) is 23.8 Å². The first-order valence-electron chi connectivity index (χ1n) is 8.31. The monoisotopic (exact) mass is 370 g/mol. The summed E-state index contributed by atoms with van der Waals surface area (Å²) in [5.41, 5.74) is 1.46. The molecule has 0 aromatic heterocycles. The molecule has 2 aromatic carbocycles. The predicted molar refractivity (Wildman–Crippen MR) is 98.7 cm³/mol. The number of anilines is 1. The van der Waals surface area contributed by atoms with Crippen LogP contribution in [0, 0.1) is 10.1 Å². The second kappa shape index (κ2) is 8.33. The second-order valence-electron chi connectivity index (χ2n) is 5.64. The molecule has 8 nitrogen and oxygen atoms in total. The van der Waals surface area contributed by atoms with Gasteiger partial charge in [-0.2, -0.15) is 0 Å². The number of ether oxygens (including phenoxy) is 3. The van der Waals surface area contributed by atoms with Gasteiger partial charge in [-0.15, -0.1) is 0 Å². The summed E-state index contributed by atoms with van der Waals surface area (Å²) in [7, 11) is 0. The Hall–Kier alpha value is -3.39. The van der Waals surface area contributed by atoms with E-state index in [0.29, 0.717) is 34.9 Å². The van der Waals surface area contributed by atoms with Gasteiger partial charge in [0.2, 0.25) is 5.91 Å². The molecule has 1 aliphatic heterocycles. The molecule has 27 heavy (non-hydrogen) atoms. The van der Waals surface area contributed by atoms with Gasteiger partial charge in [-0.1, -0.05) is 12.1 Å². The standard InChI is InChI=1S/C19H18N2O6/c1-2-26-17-6-4-3-5-16(17)20-18(22)8-7-13-9-15(21(23)24)10-14-11-25-12-27-19(13)14/h3-10H,2,11-12H2,1H3,(H,20,22). The zero-order chi connectivity index (χ0) is 19.2. The van der Waals surface area contributed by atoms with E-state index in [1.54, 1.807) is 18.2 Å². The summed E-state index contributed by atoms with van der Waals surface area (Å²) < 4.78 is 16.1. The van der Waals surface area contributed by atoms with Crippen LogP contribution in [-0.2, 0) is 16.1 Å². The first-order chi connectivity index (χ1) is 13.1. The summed E-state index contributed by atoms with van der Waals surface area (Å²) in [6.07, 6.45) is 2.77. The minimum absolute atomic E-state index is 0.0551. The second-order valence-corrected chi connectivity index (χ2v) is 5.64. The van der Waals surface area contributed by atoms with Crippen LogP contribution in [0.3, 0.4) is 0 Å². The smallest absolute Gasteiger partial charge is 0.270 e. The van der Waals surface area contributed by atoms with Crippen LogP contribution in [0.4, 0.5) is 11.4 Å². The molecule has 1 N–H and O–H groups in total. The number of hydrogen-bond acceptors (Lipinski definition) is 6. The molecule has 0 bridgehead atoms. The number of nitro groups is 1. The van der Waals surface area contributed by atoms with Crippen LogP contribution in [0.5, 0.6) is 11.5 Å². The normalized spacial score (nSPS) is 12.9. The number of carbonyl (C=O) groups is 1. The highest BCUT2D eigenvalue weighted by Crippen LogP contribution is 2.33. The molecule has 3 rings (SSSR count). The molecule has 8 heteroatoms. The molecule has 1 aliphatic rings. The first-order valence-corrected chi connectivity index (χ1v) is 8.31. The zero-order valence-corrected chi connectivity index (χ0v) is 14.6. The van der Waals surface area contributed by atoms with Crippen LogP contribution in [0.15, 0.2) is 42.5 Å². The summed E-state index contributed by atoms with van der Waals surface area (Å²) in [4.78, 5) is 22.9. The lowest BCUT2D eigenvalue weighted by Crippen LogP contribution is -2.13. The summed E-state index contributed by atoms with van der Waals surface area (Å²) in [5.74, 6) is 0.648. The minimum Gasteiger partial charge on any atom is -0.492 e. The molecule has 0 aliphatic carbocycles. The highest BCUT2D eigenvalue weighted by molar-refractivity contribution is 6.03. The van der Waals surface area contributed by atoms with Gasteiger partial charge in [0, 0.05) is 29.3 Å². The van der Waals surface area contributed by atoms with Gasteiger partial charge < -0.3 is 19.5 Å². The molecule has 140 valence electrons. The van der Waals surface area contributed by atoms with Gasteiger partial charge in [-0.3, -0.25) is 14.9 Å². The summed E-state index contributed by atoms with van der Waals surface area (Å²) in [5, 5.41) is 13.9. The average Bonchev–Trinajstić information content (AvgIpc) is 2.67. The molecule has 0 radical (unpaired) electrons. The third-order valence-electron chi connectivity index (χ3n) is 3.79. The van der Waals surface area contributed by atoms with Crippen LogP contribution in [-0.4, -0.2) is 24.2 Å². The van der Waals surface area contributed by atoms with E-state index in [2.05, 4.69) is 5.32 Å². The molecule has 0 saturated carbocycles. The Labute approximate surface area is 155 Å². The van der Waals surface area contributed by atoms with Crippen molar-refractivity contribution in [3.8, 4) is 11.5 Å². The van der Waals surface area contributed by atoms with E-state index in [1.165, 1.54) is 24.3 Å². The van der Waals surface area contributed by atoms with Crippen LogP contribution < -0.4 is 14.8 Å². The third-order valence-corrected chi connectivity index (χ3v) is 3.79. The number of carbonyl (C=O) groups excluding carboxylic acids is 1. The highest BCUT2D eigenvalue weighted by Gasteiger charge is 2.19. The fourth-order valence-electron chi connectivity index (χ4n) is 2.65. The molecule has 2 aromatic rings. The lowest BCUT2D eigenvalue weighted by atomic mass is 10.1. The SMILES string of the molecule is CCOc1ccccc1NC(=O)C=Cc1cc([N+](=O)[O-])cc2c1OCOC2. The number of nitrogens with one attached hydrogen (secondary N) is 1. The van der Waals surface area contributed by atoms with Crippen LogP contribution in [0.2, 0.25) is 0 Å². The van der Waals surface area contributed by atoms with E-state index in [9.17, 15) is 14.9 Å². The molecular weight excluding hydrogens is 352 g/mol. The molecule has 0 atom stereocenters. The first kappa shape index (κ1) is 18.4. The van der Waals surface area contributed by atoms with Crippen molar-refractivity contribution in [3.63, 3.8) is 0 Å². The van der Waals surface area contributed by atoms with Gasteiger partial charge in [0.25, 0.3) is 5.69 Å². The van der Waals surface area contributed by atoms with Crippen LogP contribution in [0.25, 0.3) is 6.08 Å². The Morgan fingerprint density at radius 1 is 1.37 bits per heavy atom. The topological polar surface area (TPSA) is 99.9 Å². The van der Waals surface area contributed by atoms with Crippen molar-refractivity contribution in [2.24, 2.45) is 0 Å². The van der Waals surface area contributed by atoms with Gasteiger partial charge in [0.1, 0.15) is 11.5 Å². The highest BCUT2D eigenvalue weighted by atomic mass is 16.7. The fourth-order valence-corrected chi connectivity index (χ4v) is 2.65. The molecule has 0 fully saturated rings. The molecule has 0 spiro atoms. The van der Waals surface area contributed by atoms with Crippen molar-refractivity contribution < 1.29 is 23.9 Å². The van der Waals surface area contributed by atoms with Crippen molar-refractivity contribution in [1.29, 1.82) is 0 Å². The van der Waals surface area contributed by atoms with Crippen LogP contribution >= 0.6 is 0 Å². The molecule has 1 heterocycles.